The molecule has 0 aliphatic heterocycles. The molecule has 1 amide bonds. The minimum atomic E-state index is -0.636. The van der Waals surface area contributed by atoms with E-state index in [9.17, 15) is 20.0 Å². The summed E-state index contributed by atoms with van der Waals surface area (Å²) in [6.07, 6.45) is 1.49. The van der Waals surface area contributed by atoms with Crippen molar-refractivity contribution in [2.24, 2.45) is 5.92 Å². The highest BCUT2D eigenvalue weighted by Gasteiger charge is 2.20. The number of aliphatic hydroxyl groups is 1. The van der Waals surface area contributed by atoms with E-state index in [4.69, 9.17) is 0 Å². The smallest absolute Gasteiger partial charge is 0.287 e. The average molecular weight is 283 g/mol. The molecular weight excluding hydrogens is 262 g/mol. The number of aromatic nitrogens is 1. The summed E-state index contributed by atoms with van der Waals surface area (Å²) < 4.78 is 1.56. The zero-order valence-electron chi connectivity index (χ0n) is 12.0. The maximum absolute atomic E-state index is 12.0. The average Bonchev–Trinajstić information content (AvgIpc) is 2.80. The van der Waals surface area contributed by atoms with E-state index in [1.54, 1.807) is 4.57 Å². The molecule has 0 bridgehead atoms. The van der Waals surface area contributed by atoms with Crippen molar-refractivity contribution < 1.29 is 14.8 Å². The van der Waals surface area contributed by atoms with Gasteiger partial charge in [0.1, 0.15) is 5.69 Å². The fraction of sp³-hybridized carbons (Fsp3) is 0.615. The number of rotatable bonds is 7. The van der Waals surface area contributed by atoms with Gasteiger partial charge in [0.25, 0.3) is 11.6 Å². The third-order valence-corrected chi connectivity index (χ3v) is 3.03. The van der Waals surface area contributed by atoms with Crippen LogP contribution in [0.1, 0.15) is 37.7 Å². The number of aryl methyl sites for hydroxylation is 1. The third-order valence-electron chi connectivity index (χ3n) is 3.03. The number of nitro groups is 1. The van der Waals surface area contributed by atoms with Gasteiger partial charge in [-0.15, -0.1) is 0 Å². The van der Waals surface area contributed by atoms with Gasteiger partial charge >= 0.3 is 0 Å². The van der Waals surface area contributed by atoms with Gasteiger partial charge in [0.2, 0.25) is 0 Å². The second-order valence-corrected chi connectivity index (χ2v) is 5.06. The number of hydrogen-bond donors (Lipinski definition) is 2. The molecular formula is C13H21N3O4. The zero-order chi connectivity index (χ0) is 15.3. The topological polar surface area (TPSA) is 97.4 Å². The van der Waals surface area contributed by atoms with E-state index in [0.29, 0.717) is 6.54 Å². The molecule has 7 nitrogen and oxygen atoms in total. The second kappa shape index (κ2) is 7.04. The number of hydrogen-bond acceptors (Lipinski definition) is 4. The molecule has 2 N–H and O–H groups in total. The molecule has 1 atom stereocenters. The van der Waals surface area contributed by atoms with E-state index in [-0.39, 0.29) is 23.8 Å². The van der Waals surface area contributed by atoms with Crippen molar-refractivity contribution in [2.75, 3.05) is 6.54 Å². The molecule has 112 valence electrons. The van der Waals surface area contributed by atoms with Crippen LogP contribution in [0.5, 0.6) is 0 Å². The Kier molecular flexibility index (Phi) is 5.69. The predicted octanol–water partition coefficient (Wildman–Crippen LogP) is 1.55. The molecule has 0 saturated carbocycles. The van der Waals surface area contributed by atoms with Crippen LogP contribution in [0.2, 0.25) is 0 Å². The summed E-state index contributed by atoms with van der Waals surface area (Å²) in [7, 11) is 0. The Balaban J connectivity index is 2.82. The number of carbonyl (C=O) groups excluding carboxylic acids is 1. The van der Waals surface area contributed by atoms with Crippen LogP contribution in [-0.4, -0.2) is 33.2 Å². The monoisotopic (exact) mass is 283 g/mol. The van der Waals surface area contributed by atoms with Gasteiger partial charge in [-0.25, -0.2) is 0 Å². The van der Waals surface area contributed by atoms with E-state index in [0.717, 1.165) is 6.42 Å². The number of nitrogens with one attached hydrogen (secondary N) is 1. The Morgan fingerprint density at radius 3 is 2.70 bits per heavy atom. The first-order chi connectivity index (χ1) is 9.36. The Morgan fingerprint density at radius 1 is 1.55 bits per heavy atom. The normalized spacial score (nSPS) is 12.4. The zero-order valence-corrected chi connectivity index (χ0v) is 12.0. The second-order valence-electron chi connectivity index (χ2n) is 5.06. The van der Waals surface area contributed by atoms with Crippen molar-refractivity contribution in [2.45, 2.75) is 39.8 Å². The van der Waals surface area contributed by atoms with Crippen molar-refractivity contribution in [1.82, 2.24) is 9.88 Å². The standard InChI is InChI=1S/C13H21N3O4/c1-4-5-15-8-10(16(19)20)6-11(15)13(18)14-7-12(17)9(2)3/h6,8-9,12,17H,4-5,7H2,1-3H3,(H,14,18). The largest absolute Gasteiger partial charge is 0.391 e. The maximum atomic E-state index is 12.0. The van der Waals surface area contributed by atoms with Crippen LogP contribution in [0.4, 0.5) is 5.69 Å². The first kappa shape index (κ1) is 16.2. The van der Waals surface area contributed by atoms with Gasteiger partial charge < -0.3 is 15.0 Å². The molecule has 1 rings (SSSR count). The van der Waals surface area contributed by atoms with Crippen molar-refractivity contribution >= 4 is 11.6 Å². The number of aliphatic hydroxyl groups excluding tert-OH is 1. The lowest BCUT2D eigenvalue weighted by Crippen LogP contribution is -2.35. The van der Waals surface area contributed by atoms with Crippen molar-refractivity contribution in [3.05, 3.63) is 28.1 Å². The minimum Gasteiger partial charge on any atom is -0.391 e. The Bertz CT molecular complexity index is 482. The Labute approximate surface area is 117 Å². The molecule has 0 aromatic carbocycles. The fourth-order valence-corrected chi connectivity index (χ4v) is 1.73. The molecule has 7 heteroatoms. The van der Waals surface area contributed by atoms with E-state index in [1.807, 2.05) is 20.8 Å². The lowest BCUT2D eigenvalue weighted by Gasteiger charge is -2.15. The summed E-state index contributed by atoms with van der Waals surface area (Å²) in [6, 6.07) is 1.26. The fourth-order valence-electron chi connectivity index (χ4n) is 1.73. The quantitative estimate of drug-likeness (QED) is 0.586. The minimum absolute atomic E-state index is 0.0343. The summed E-state index contributed by atoms with van der Waals surface area (Å²) in [5.41, 5.74) is 0.141. The van der Waals surface area contributed by atoms with Gasteiger partial charge in [-0.2, -0.15) is 0 Å². The maximum Gasteiger partial charge on any atom is 0.287 e. The molecule has 0 saturated heterocycles. The molecule has 0 radical (unpaired) electrons. The molecule has 20 heavy (non-hydrogen) atoms. The molecule has 0 spiro atoms. The van der Waals surface area contributed by atoms with Crippen LogP contribution >= 0.6 is 0 Å². The highest BCUT2D eigenvalue weighted by atomic mass is 16.6. The molecule has 1 aromatic heterocycles. The van der Waals surface area contributed by atoms with Crippen LogP contribution in [0, 0.1) is 16.0 Å². The van der Waals surface area contributed by atoms with Gasteiger partial charge in [0.15, 0.2) is 0 Å². The summed E-state index contributed by atoms with van der Waals surface area (Å²) in [6.45, 7) is 6.28. The van der Waals surface area contributed by atoms with Gasteiger partial charge in [0, 0.05) is 19.2 Å². The Hall–Kier alpha value is -1.89. The van der Waals surface area contributed by atoms with Crippen molar-refractivity contribution in [1.29, 1.82) is 0 Å². The van der Waals surface area contributed by atoms with E-state index < -0.39 is 16.9 Å². The van der Waals surface area contributed by atoms with Crippen LogP contribution < -0.4 is 5.32 Å². The molecule has 0 aliphatic rings. The van der Waals surface area contributed by atoms with E-state index >= 15 is 0 Å². The molecule has 0 aliphatic carbocycles. The van der Waals surface area contributed by atoms with Crippen LogP contribution in [0.15, 0.2) is 12.3 Å². The number of amides is 1. The highest BCUT2D eigenvalue weighted by molar-refractivity contribution is 5.93. The SMILES string of the molecule is CCCn1cc([N+](=O)[O-])cc1C(=O)NCC(O)C(C)C. The van der Waals surface area contributed by atoms with Gasteiger partial charge in [-0.3, -0.25) is 14.9 Å². The van der Waals surface area contributed by atoms with Crippen LogP contribution in [-0.2, 0) is 6.54 Å². The first-order valence-corrected chi connectivity index (χ1v) is 6.67. The highest BCUT2D eigenvalue weighted by Crippen LogP contribution is 2.17. The van der Waals surface area contributed by atoms with Crippen LogP contribution in [0.3, 0.4) is 0 Å². The van der Waals surface area contributed by atoms with Crippen molar-refractivity contribution in [3.63, 3.8) is 0 Å². The third kappa shape index (κ3) is 4.06. The van der Waals surface area contributed by atoms with Crippen LogP contribution in [0.25, 0.3) is 0 Å². The van der Waals surface area contributed by atoms with Gasteiger partial charge in [-0.05, 0) is 12.3 Å². The molecule has 1 heterocycles. The first-order valence-electron chi connectivity index (χ1n) is 6.67. The van der Waals surface area contributed by atoms with E-state index in [2.05, 4.69) is 5.32 Å². The Morgan fingerprint density at radius 2 is 2.20 bits per heavy atom. The summed E-state index contributed by atoms with van der Waals surface area (Å²) in [4.78, 5) is 22.3. The lowest BCUT2D eigenvalue weighted by molar-refractivity contribution is -0.384. The van der Waals surface area contributed by atoms with E-state index in [1.165, 1.54) is 12.3 Å². The number of carbonyl (C=O) groups is 1. The number of nitrogens with zero attached hydrogens (tertiary/aromatic N) is 2. The predicted molar refractivity (Wildman–Crippen MR) is 74.6 cm³/mol. The molecule has 1 aromatic rings. The van der Waals surface area contributed by atoms with Gasteiger partial charge in [0.05, 0.1) is 17.2 Å². The van der Waals surface area contributed by atoms with Crippen molar-refractivity contribution in [3.8, 4) is 0 Å². The summed E-state index contributed by atoms with van der Waals surface area (Å²) in [5.74, 6) is -0.377. The summed E-state index contributed by atoms with van der Waals surface area (Å²) in [5, 5.41) is 23.0. The molecule has 0 fully saturated rings. The molecule has 1 unspecified atom stereocenters. The van der Waals surface area contributed by atoms with Gasteiger partial charge in [-0.1, -0.05) is 20.8 Å². The lowest BCUT2D eigenvalue weighted by atomic mass is 10.1. The summed E-state index contributed by atoms with van der Waals surface area (Å²) >= 11 is 0.